The zero-order valence-electron chi connectivity index (χ0n) is 10.2. The number of nitrogens with zero attached hydrogens (tertiary/aromatic N) is 5. The van der Waals surface area contributed by atoms with E-state index < -0.39 is 4.92 Å². The first-order valence-corrected chi connectivity index (χ1v) is 6.72. The van der Waals surface area contributed by atoms with E-state index in [1.54, 1.807) is 0 Å². The van der Waals surface area contributed by atoms with E-state index in [2.05, 4.69) is 20.2 Å². The zero-order valence-corrected chi connectivity index (χ0v) is 11.8. The Morgan fingerprint density at radius 3 is 3.00 bits per heavy atom. The number of nitro groups is 1. The van der Waals surface area contributed by atoms with E-state index in [1.807, 2.05) is 6.92 Å². The summed E-state index contributed by atoms with van der Waals surface area (Å²) in [6.07, 6.45) is 1.74. The van der Waals surface area contributed by atoms with Gasteiger partial charge in [-0.1, -0.05) is 6.92 Å². The van der Waals surface area contributed by atoms with Gasteiger partial charge >= 0.3 is 11.4 Å². The minimum Gasteiger partial charge on any atom is -0.270 e. The topological polar surface area (TPSA) is 120 Å². The molecule has 0 aliphatic carbocycles. The molecule has 1 N–H and O–H groups in total. The van der Waals surface area contributed by atoms with E-state index in [4.69, 9.17) is 11.6 Å². The van der Waals surface area contributed by atoms with Crippen LogP contribution in [0.25, 0.3) is 0 Å². The summed E-state index contributed by atoms with van der Waals surface area (Å²) >= 11 is 6.53. The number of aromatic amines is 1. The summed E-state index contributed by atoms with van der Waals surface area (Å²) in [6.45, 7) is 2.35. The molecule has 0 fully saturated rings. The number of rotatable bonds is 5. The lowest BCUT2D eigenvalue weighted by molar-refractivity contribution is -0.388. The number of hydrogen-bond acceptors (Lipinski definition) is 7. The average Bonchev–Trinajstić information content (AvgIpc) is 2.72. The highest BCUT2D eigenvalue weighted by atomic mass is 35.5. The highest BCUT2D eigenvalue weighted by Crippen LogP contribution is 2.31. The van der Waals surface area contributed by atoms with Gasteiger partial charge in [-0.25, -0.2) is 19.9 Å². The SMILES string of the molecule is CCCn1c(Sc2nc(Cl)ncc2[N+](=O)[O-])n[nH]c1=O. The lowest BCUT2D eigenvalue weighted by Crippen LogP contribution is -2.17. The fourth-order valence-electron chi connectivity index (χ4n) is 1.43. The van der Waals surface area contributed by atoms with E-state index >= 15 is 0 Å². The summed E-state index contributed by atoms with van der Waals surface area (Å²) in [4.78, 5) is 29.2. The molecule has 2 heterocycles. The van der Waals surface area contributed by atoms with E-state index in [0.29, 0.717) is 6.54 Å². The lowest BCUT2D eigenvalue weighted by atomic mass is 10.5. The first-order chi connectivity index (χ1) is 9.52. The van der Waals surface area contributed by atoms with Gasteiger partial charge in [0, 0.05) is 6.54 Å². The Labute approximate surface area is 121 Å². The maximum absolute atomic E-state index is 11.5. The molecular weight excluding hydrogens is 308 g/mol. The molecule has 0 spiro atoms. The van der Waals surface area contributed by atoms with Crippen LogP contribution in [-0.2, 0) is 6.54 Å². The van der Waals surface area contributed by atoms with Gasteiger partial charge in [-0.2, -0.15) is 0 Å². The number of hydrogen-bond donors (Lipinski definition) is 1. The van der Waals surface area contributed by atoms with Crippen LogP contribution < -0.4 is 5.69 Å². The first kappa shape index (κ1) is 14.5. The molecule has 20 heavy (non-hydrogen) atoms. The van der Waals surface area contributed by atoms with Gasteiger partial charge in [0.2, 0.25) is 5.28 Å². The molecule has 0 saturated carbocycles. The second-order valence-corrected chi connectivity index (χ2v) is 4.95. The summed E-state index contributed by atoms with van der Waals surface area (Å²) in [5.41, 5.74) is -0.671. The third-order valence-corrected chi connectivity index (χ3v) is 3.43. The molecule has 9 nitrogen and oxygen atoms in total. The van der Waals surface area contributed by atoms with Crippen LogP contribution in [0, 0.1) is 10.1 Å². The molecule has 2 aromatic heterocycles. The largest absolute Gasteiger partial charge is 0.343 e. The number of aromatic nitrogens is 5. The molecular formula is C9H9ClN6O3S. The third-order valence-electron chi connectivity index (χ3n) is 2.26. The molecule has 0 atom stereocenters. The molecule has 2 rings (SSSR count). The average molecular weight is 317 g/mol. The molecule has 0 aromatic carbocycles. The predicted octanol–water partition coefficient (Wildman–Crippen LogP) is 1.48. The van der Waals surface area contributed by atoms with Crippen LogP contribution in [0.5, 0.6) is 0 Å². The molecule has 0 unspecified atom stereocenters. The van der Waals surface area contributed by atoms with Crippen molar-refractivity contribution in [2.45, 2.75) is 30.1 Å². The summed E-state index contributed by atoms with van der Waals surface area (Å²) in [7, 11) is 0. The van der Waals surface area contributed by atoms with Crippen molar-refractivity contribution in [3.63, 3.8) is 0 Å². The minimum atomic E-state index is -0.617. The quantitative estimate of drug-likeness (QED) is 0.384. The van der Waals surface area contributed by atoms with Gasteiger partial charge in [0.1, 0.15) is 6.20 Å². The molecule has 0 bridgehead atoms. The van der Waals surface area contributed by atoms with Crippen molar-refractivity contribution in [3.05, 3.63) is 32.1 Å². The van der Waals surface area contributed by atoms with Gasteiger partial charge < -0.3 is 0 Å². The second kappa shape index (κ2) is 6.01. The molecule has 0 amide bonds. The van der Waals surface area contributed by atoms with Crippen molar-refractivity contribution < 1.29 is 4.92 Å². The van der Waals surface area contributed by atoms with Crippen LogP contribution in [0.4, 0.5) is 5.69 Å². The second-order valence-electron chi connectivity index (χ2n) is 3.65. The Balaban J connectivity index is 2.42. The molecule has 11 heteroatoms. The summed E-state index contributed by atoms with van der Waals surface area (Å²) in [5.74, 6) is 0. The highest BCUT2D eigenvalue weighted by molar-refractivity contribution is 7.99. The Hall–Kier alpha value is -1.94. The van der Waals surface area contributed by atoms with Crippen LogP contribution >= 0.6 is 23.4 Å². The van der Waals surface area contributed by atoms with E-state index in [-0.39, 0.29) is 26.8 Å². The standard InChI is InChI=1S/C9H9ClN6O3S/c1-2-3-15-8(17)13-14-9(15)20-6-5(16(18)19)4-11-7(10)12-6/h4H,2-3H2,1H3,(H,13,17). The predicted molar refractivity (Wildman–Crippen MR) is 71.0 cm³/mol. The lowest BCUT2D eigenvalue weighted by Gasteiger charge is -2.03. The Kier molecular flexibility index (Phi) is 4.35. The molecule has 106 valence electrons. The maximum atomic E-state index is 11.5. The van der Waals surface area contributed by atoms with Crippen molar-refractivity contribution >= 4 is 29.1 Å². The maximum Gasteiger partial charge on any atom is 0.343 e. The summed E-state index contributed by atoms with van der Waals surface area (Å²) in [5, 5.41) is 17.2. The molecule has 0 aliphatic heterocycles. The van der Waals surface area contributed by atoms with Crippen LogP contribution in [0.3, 0.4) is 0 Å². The van der Waals surface area contributed by atoms with Gasteiger partial charge in [-0.05, 0) is 29.8 Å². The van der Waals surface area contributed by atoms with Crippen molar-refractivity contribution in [2.75, 3.05) is 0 Å². The van der Waals surface area contributed by atoms with Gasteiger partial charge in [-0.15, -0.1) is 5.10 Å². The van der Waals surface area contributed by atoms with Gasteiger partial charge in [0.15, 0.2) is 10.2 Å². The number of halogens is 1. The van der Waals surface area contributed by atoms with Gasteiger partial charge in [-0.3, -0.25) is 14.7 Å². The Bertz CT molecular complexity index is 699. The van der Waals surface area contributed by atoms with Crippen molar-refractivity contribution in [1.29, 1.82) is 0 Å². The molecule has 2 aromatic rings. The smallest absolute Gasteiger partial charge is 0.270 e. The van der Waals surface area contributed by atoms with Gasteiger partial charge in [0.25, 0.3) is 0 Å². The number of H-pyrrole nitrogens is 1. The fourth-order valence-corrected chi connectivity index (χ4v) is 2.52. The molecule has 0 radical (unpaired) electrons. The van der Waals surface area contributed by atoms with Crippen LogP contribution in [0.15, 0.2) is 21.2 Å². The zero-order chi connectivity index (χ0) is 14.7. The van der Waals surface area contributed by atoms with E-state index in [9.17, 15) is 14.9 Å². The van der Waals surface area contributed by atoms with E-state index in [0.717, 1.165) is 24.4 Å². The Morgan fingerprint density at radius 2 is 2.35 bits per heavy atom. The summed E-state index contributed by atoms with van der Waals surface area (Å²) in [6, 6.07) is 0. The van der Waals surface area contributed by atoms with Crippen molar-refractivity contribution in [2.24, 2.45) is 0 Å². The number of nitrogens with one attached hydrogen (secondary N) is 1. The monoisotopic (exact) mass is 316 g/mol. The first-order valence-electron chi connectivity index (χ1n) is 5.53. The molecule has 0 aliphatic rings. The van der Waals surface area contributed by atoms with E-state index in [1.165, 1.54) is 4.57 Å². The Morgan fingerprint density at radius 1 is 1.60 bits per heavy atom. The van der Waals surface area contributed by atoms with Crippen molar-refractivity contribution in [1.82, 2.24) is 24.7 Å². The van der Waals surface area contributed by atoms with Crippen molar-refractivity contribution in [3.8, 4) is 0 Å². The summed E-state index contributed by atoms with van der Waals surface area (Å²) < 4.78 is 1.38. The highest BCUT2D eigenvalue weighted by Gasteiger charge is 2.21. The van der Waals surface area contributed by atoms with Crippen LogP contribution in [0.2, 0.25) is 5.28 Å². The fraction of sp³-hybridized carbons (Fsp3) is 0.333. The van der Waals surface area contributed by atoms with Crippen LogP contribution in [-0.4, -0.2) is 29.7 Å². The van der Waals surface area contributed by atoms with Crippen LogP contribution in [0.1, 0.15) is 13.3 Å². The third kappa shape index (κ3) is 2.96. The normalized spacial score (nSPS) is 10.7. The van der Waals surface area contributed by atoms with Gasteiger partial charge in [0.05, 0.1) is 4.92 Å². The minimum absolute atomic E-state index is 0.0337. The molecule has 0 saturated heterocycles.